The van der Waals surface area contributed by atoms with Gasteiger partial charge in [0.15, 0.2) is 40.8 Å². The van der Waals surface area contributed by atoms with Crippen LogP contribution < -0.4 is 0 Å². The zero-order valence-electron chi connectivity index (χ0n) is 78.8. The summed E-state index contributed by atoms with van der Waals surface area (Å²) >= 11 is 0. The lowest BCUT2D eigenvalue weighted by molar-refractivity contribution is 0.660. The average Bonchev–Trinajstić information content (AvgIpc) is 1.55. The molecule has 6 aromatic heterocycles. The minimum Gasteiger partial charge on any atom is -0.309 e. The second-order valence-electron chi connectivity index (χ2n) is 38.3. The van der Waals surface area contributed by atoms with Crippen molar-refractivity contribution in [2.45, 2.75) is 57.8 Å². The summed E-state index contributed by atoms with van der Waals surface area (Å²) in [5, 5.41) is 26.7. The molecular weight excluding hydrogens is 1730 g/mol. The van der Waals surface area contributed by atoms with Crippen LogP contribution in [-0.2, 0) is 16.2 Å². The van der Waals surface area contributed by atoms with Crippen molar-refractivity contribution in [3.8, 4) is 165 Å². The number of para-hydroxylation sites is 3. The van der Waals surface area contributed by atoms with Crippen molar-refractivity contribution in [1.82, 2.24) is 53.6 Å². The van der Waals surface area contributed by atoms with Gasteiger partial charge in [0.2, 0.25) is 0 Å². The van der Waals surface area contributed by atoms with Crippen LogP contribution in [0, 0.1) is 22.7 Å². The van der Waals surface area contributed by atoms with E-state index in [1.54, 1.807) is 6.07 Å². The van der Waals surface area contributed by atoms with Gasteiger partial charge in [0.1, 0.15) is 0 Å². The van der Waals surface area contributed by atoms with E-state index in [0.29, 0.717) is 51.9 Å². The molecule has 0 spiro atoms. The van der Waals surface area contributed by atoms with E-state index in [0.717, 1.165) is 95.1 Å². The smallest absolute Gasteiger partial charge is 0.164 e. The maximum absolute atomic E-state index is 9.59. The molecule has 0 radical (unpaired) electrons. The first kappa shape index (κ1) is 85.1. The molecule has 670 valence electrons. The van der Waals surface area contributed by atoms with E-state index in [4.69, 9.17) is 39.9 Å². The molecule has 18 aromatic carbocycles. The van der Waals surface area contributed by atoms with Crippen molar-refractivity contribution < 1.29 is 0 Å². The minimum absolute atomic E-state index is 0.0726. The zero-order valence-corrected chi connectivity index (χ0v) is 78.8. The van der Waals surface area contributed by atoms with Crippen LogP contribution in [0.5, 0.6) is 0 Å². The predicted octanol–water partition coefficient (Wildman–Crippen LogP) is 31.2. The summed E-state index contributed by atoms with van der Waals surface area (Å²) in [7, 11) is 0. The molecule has 0 saturated heterocycles. The van der Waals surface area contributed by atoms with Crippen LogP contribution in [0.3, 0.4) is 0 Å². The summed E-state index contributed by atoms with van der Waals surface area (Å²) in [5.41, 5.74) is 37.2. The molecular formula is C129H89N13. The van der Waals surface area contributed by atoms with E-state index in [2.05, 4.69) is 328 Å². The fourth-order valence-corrected chi connectivity index (χ4v) is 22.1. The van der Waals surface area contributed by atoms with Crippen molar-refractivity contribution in [2.24, 2.45) is 0 Å². The van der Waals surface area contributed by atoms with Crippen molar-refractivity contribution >= 4 is 65.4 Å². The van der Waals surface area contributed by atoms with E-state index in [9.17, 15) is 10.5 Å². The van der Waals surface area contributed by atoms with Gasteiger partial charge in [-0.2, -0.15) is 10.5 Å². The Kier molecular flexibility index (Phi) is 20.4. The van der Waals surface area contributed by atoms with Gasteiger partial charge < -0.3 is 13.7 Å². The lowest BCUT2D eigenvalue weighted by atomic mass is 9.82. The zero-order chi connectivity index (χ0) is 95.6. The molecule has 27 rings (SSSR count). The van der Waals surface area contributed by atoms with Gasteiger partial charge in [-0.15, -0.1) is 0 Å². The highest BCUT2D eigenvalue weighted by molar-refractivity contribution is 6.20. The molecule has 0 N–H and O–H groups in total. The molecule has 13 nitrogen and oxygen atoms in total. The Bertz CT molecular complexity index is 8920. The second kappa shape index (κ2) is 34.0. The number of aromatic nitrogens is 11. The molecule has 3 aliphatic carbocycles. The SMILES string of the molecule is CC1(C)c2ccccc2-c2c1ccc1c2c2ccccc2n1-c1cccc(-c2nc(-c3ccccc3)cc(-c3cccc(C#N)c3)n2)c1.CC1(C)c2ccccc2-c2c1ccc1c2c2ccccc2n1-c1cccc(-c2nc(-c3ccccc3)nc(-c3cccc(C#N)c3)n2)c1.CC1(C)c2ccccc2-c2c1ccc1c3ccccc3n(-c3ccc(-c4nc(-c5ccccc5)nc(-c5ccccc5)n4)cc3)c21. The fourth-order valence-electron chi connectivity index (χ4n) is 22.1. The molecule has 24 aromatic rings. The highest BCUT2D eigenvalue weighted by Crippen LogP contribution is 2.57. The van der Waals surface area contributed by atoms with Crippen LogP contribution in [0.1, 0.15) is 86.1 Å². The van der Waals surface area contributed by atoms with Crippen molar-refractivity contribution in [2.75, 3.05) is 0 Å². The normalized spacial score (nSPS) is 13.0. The van der Waals surface area contributed by atoms with Crippen LogP contribution in [-0.4, -0.2) is 53.6 Å². The van der Waals surface area contributed by atoms with Crippen LogP contribution in [0.4, 0.5) is 0 Å². The van der Waals surface area contributed by atoms with Crippen molar-refractivity contribution in [1.29, 1.82) is 10.5 Å². The number of nitrogens with zero attached hydrogens (tertiary/aromatic N) is 13. The highest BCUT2D eigenvalue weighted by Gasteiger charge is 2.41. The average molecular weight is 1820 g/mol. The summed E-state index contributed by atoms with van der Waals surface area (Å²) in [4.78, 5) is 39.7. The Labute approximate surface area is 821 Å². The van der Waals surface area contributed by atoms with E-state index < -0.39 is 0 Å². The molecule has 0 amide bonds. The van der Waals surface area contributed by atoms with Gasteiger partial charge >= 0.3 is 0 Å². The van der Waals surface area contributed by atoms with Gasteiger partial charge in [0.05, 0.1) is 67.8 Å². The molecule has 0 fully saturated rings. The Balaban J connectivity index is 0.000000112. The van der Waals surface area contributed by atoms with Crippen molar-refractivity contribution in [3.63, 3.8) is 0 Å². The van der Waals surface area contributed by atoms with Crippen LogP contribution in [0.2, 0.25) is 0 Å². The van der Waals surface area contributed by atoms with Gasteiger partial charge in [0, 0.05) is 121 Å². The third-order valence-electron chi connectivity index (χ3n) is 29.0. The topological polar surface area (TPSA) is 165 Å². The summed E-state index contributed by atoms with van der Waals surface area (Å²) in [5.74, 6) is 4.28. The van der Waals surface area contributed by atoms with Gasteiger partial charge in [-0.3, -0.25) is 0 Å². The first-order chi connectivity index (χ1) is 69.6. The third-order valence-corrected chi connectivity index (χ3v) is 29.0. The van der Waals surface area contributed by atoms with Gasteiger partial charge in [-0.1, -0.05) is 363 Å². The quantitative estimate of drug-likeness (QED) is 0.115. The van der Waals surface area contributed by atoms with E-state index in [-0.39, 0.29) is 16.2 Å². The molecule has 3 aliphatic rings. The molecule has 0 saturated carbocycles. The molecule has 0 aliphatic heterocycles. The van der Waals surface area contributed by atoms with Crippen LogP contribution in [0.15, 0.2) is 431 Å². The Morgan fingerprint density at radius 2 is 0.521 bits per heavy atom. The number of benzene rings is 18. The highest BCUT2D eigenvalue weighted by atomic mass is 15.1. The molecule has 142 heavy (non-hydrogen) atoms. The molecule has 0 unspecified atom stereocenters. The monoisotopic (exact) mass is 1820 g/mol. The minimum atomic E-state index is -0.0805. The summed E-state index contributed by atoms with van der Waals surface area (Å²) in [6, 6.07) is 154. The Morgan fingerprint density at radius 1 is 0.204 bits per heavy atom. The molecule has 13 heteroatoms. The van der Waals surface area contributed by atoms with E-state index >= 15 is 0 Å². The van der Waals surface area contributed by atoms with Crippen molar-refractivity contribution in [3.05, 3.63) is 475 Å². The summed E-state index contributed by atoms with van der Waals surface area (Å²) in [6.07, 6.45) is 0. The third kappa shape index (κ3) is 14.2. The van der Waals surface area contributed by atoms with Crippen LogP contribution in [0.25, 0.3) is 218 Å². The molecule has 6 heterocycles. The van der Waals surface area contributed by atoms with Gasteiger partial charge in [-0.25, -0.2) is 39.9 Å². The first-order valence-electron chi connectivity index (χ1n) is 48.1. The molecule has 0 atom stereocenters. The Morgan fingerprint density at radius 3 is 0.965 bits per heavy atom. The largest absolute Gasteiger partial charge is 0.309 e. The maximum atomic E-state index is 9.59. The van der Waals surface area contributed by atoms with Gasteiger partial charge in [0.25, 0.3) is 0 Å². The predicted molar refractivity (Wildman–Crippen MR) is 576 cm³/mol. The Hall–Kier alpha value is -18.6. The number of hydrogen-bond donors (Lipinski definition) is 0. The number of nitriles is 2. The fraction of sp³-hybridized carbons (Fsp3) is 0.0698. The summed E-state index contributed by atoms with van der Waals surface area (Å²) in [6.45, 7) is 14.0. The lowest BCUT2D eigenvalue weighted by Crippen LogP contribution is -2.14. The van der Waals surface area contributed by atoms with E-state index in [1.165, 1.54) is 116 Å². The van der Waals surface area contributed by atoms with Gasteiger partial charge in [-0.05, 0) is 170 Å². The number of rotatable bonds is 12. The first-order valence-corrected chi connectivity index (χ1v) is 48.1. The lowest BCUT2D eigenvalue weighted by Gasteiger charge is -2.21. The second-order valence-corrected chi connectivity index (χ2v) is 38.3. The maximum Gasteiger partial charge on any atom is 0.164 e. The number of hydrogen-bond acceptors (Lipinski definition) is 10. The summed E-state index contributed by atoms with van der Waals surface area (Å²) < 4.78 is 7.17. The standard InChI is InChI=1S/C44H30N4.C43H29N5.C42H30N4/c1-44(2)35-20-8-6-18-33(35)41-36(44)22-23-40-42(41)34-19-7-9-21-39(34)48(40)32-17-11-16-31(25-32)43-46-37(29-13-4-3-5-14-29)26-38(47-43)30-15-10-12-28(24-30)27-45;1-43(2)34-20-8-6-18-32(34)38-35(43)22-23-37-39(38)33-19-7-9-21-36(33)48(37)31-17-11-16-30(25-31)42-46-40(28-13-4-3-5-14-28)45-41(47-42)29-15-10-12-27(24-29)26-44;1-42(2)34-19-11-9-18-33(34)37-35(42)26-25-32-31-17-10-12-20-36(31)46(38(32)37)30-23-21-29(22-24-30)41-44-39(27-13-5-3-6-14-27)43-40(45-41)28-15-7-4-8-16-28/h3-26H,1-2H3;3-25H,1-2H3;3-26H,1-2H3. The van der Waals surface area contributed by atoms with E-state index in [1.807, 2.05) is 164 Å². The van der Waals surface area contributed by atoms with Crippen LogP contribution >= 0.6 is 0 Å². The molecule has 0 bridgehead atoms. The number of fused-ring (bicyclic) bond motifs is 21.